The first-order valence-electron chi connectivity index (χ1n) is 6.57. The normalized spacial score (nSPS) is 22.3. The molecule has 20 heavy (non-hydrogen) atoms. The molecule has 2 atom stereocenters. The first-order valence-corrected chi connectivity index (χ1v) is 6.95. The minimum atomic E-state index is -0.760. The number of benzene rings is 1. The lowest BCUT2D eigenvalue weighted by molar-refractivity contribution is -0.142. The highest BCUT2D eigenvalue weighted by atomic mass is 35.5. The van der Waals surface area contributed by atoms with E-state index in [1.165, 1.54) is 0 Å². The molecule has 3 rings (SSSR count). The average molecular weight is 291 g/mol. The second-order valence-corrected chi connectivity index (χ2v) is 5.59. The highest BCUT2D eigenvalue weighted by Crippen LogP contribution is 2.35. The molecule has 0 saturated carbocycles. The molecule has 4 nitrogen and oxygen atoms in total. The highest BCUT2D eigenvalue weighted by Gasteiger charge is 2.33. The van der Waals surface area contributed by atoms with Crippen LogP contribution in [0, 0.1) is 5.92 Å². The van der Waals surface area contributed by atoms with Crippen LogP contribution in [0.2, 0.25) is 5.02 Å². The zero-order valence-corrected chi connectivity index (χ0v) is 11.8. The van der Waals surface area contributed by atoms with Crippen molar-refractivity contribution in [2.45, 2.75) is 18.8 Å². The maximum atomic E-state index is 11.4. The van der Waals surface area contributed by atoms with Gasteiger partial charge in [0.15, 0.2) is 0 Å². The summed E-state index contributed by atoms with van der Waals surface area (Å²) in [6, 6.07) is 5.56. The molecular formula is C15H15ClN2O2. The molecule has 0 amide bonds. The first-order chi connectivity index (χ1) is 9.58. The van der Waals surface area contributed by atoms with Crippen molar-refractivity contribution in [2.75, 3.05) is 0 Å². The Morgan fingerprint density at radius 2 is 2.15 bits per heavy atom. The van der Waals surface area contributed by atoms with E-state index in [4.69, 9.17) is 11.6 Å². The van der Waals surface area contributed by atoms with Gasteiger partial charge in [0.25, 0.3) is 0 Å². The molecule has 5 heteroatoms. The summed E-state index contributed by atoms with van der Waals surface area (Å²) in [7, 11) is 1.93. The summed E-state index contributed by atoms with van der Waals surface area (Å²) >= 11 is 5.99. The lowest BCUT2D eigenvalue weighted by atomic mass is 9.82. The minimum absolute atomic E-state index is 0.0892. The van der Waals surface area contributed by atoms with Gasteiger partial charge in [-0.2, -0.15) is 0 Å². The van der Waals surface area contributed by atoms with Gasteiger partial charge in [0, 0.05) is 18.0 Å². The summed E-state index contributed by atoms with van der Waals surface area (Å²) in [6.07, 6.45) is 5.25. The molecule has 2 aromatic rings. The molecule has 1 heterocycles. The van der Waals surface area contributed by atoms with Crippen LogP contribution < -0.4 is 0 Å². The Labute approximate surface area is 121 Å². The number of rotatable bonds is 2. The van der Waals surface area contributed by atoms with Crippen LogP contribution in [0.4, 0.5) is 0 Å². The number of carboxylic acid groups (broad SMARTS) is 1. The highest BCUT2D eigenvalue weighted by molar-refractivity contribution is 6.31. The number of hydrogen-bond donors (Lipinski definition) is 1. The third kappa shape index (κ3) is 2.10. The molecule has 0 spiro atoms. The standard InChI is InChI=1S/C15H15ClN2O2/c1-18-13-7-6-9(16)8-12(13)17-14(18)10-4-2-3-5-11(10)15(19)20/h2-3,6-8,10-11H,4-5H2,1H3,(H,19,20)/t10-,11+/m1/s1. The van der Waals surface area contributed by atoms with Crippen molar-refractivity contribution in [1.29, 1.82) is 0 Å². The zero-order valence-electron chi connectivity index (χ0n) is 11.1. The van der Waals surface area contributed by atoms with Crippen molar-refractivity contribution in [3.8, 4) is 0 Å². The number of allylic oxidation sites excluding steroid dienone is 2. The number of imidazole rings is 1. The van der Waals surface area contributed by atoms with Crippen LogP contribution in [0.3, 0.4) is 0 Å². The average Bonchev–Trinajstić information content (AvgIpc) is 2.75. The minimum Gasteiger partial charge on any atom is -0.481 e. The van der Waals surface area contributed by atoms with Crippen LogP contribution in [-0.4, -0.2) is 20.6 Å². The lowest BCUT2D eigenvalue weighted by Gasteiger charge is -2.24. The van der Waals surface area contributed by atoms with E-state index < -0.39 is 11.9 Å². The van der Waals surface area contributed by atoms with Crippen LogP contribution in [0.1, 0.15) is 24.6 Å². The molecule has 0 bridgehead atoms. The Balaban J connectivity index is 2.11. The molecule has 1 aromatic carbocycles. The largest absolute Gasteiger partial charge is 0.481 e. The number of halogens is 1. The van der Waals surface area contributed by atoms with Crippen molar-refractivity contribution in [3.63, 3.8) is 0 Å². The topological polar surface area (TPSA) is 55.1 Å². The van der Waals surface area contributed by atoms with Crippen molar-refractivity contribution in [3.05, 3.63) is 41.2 Å². The van der Waals surface area contributed by atoms with Gasteiger partial charge in [0.2, 0.25) is 0 Å². The summed E-state index contributed by atoms with van der Waals surface area (Å²) in [5.41, 5.74) is 1.79. The molecule has 1 aliphatic rings. The maximum absolute atomic E-state index is 11.4. The number of nitrogens with zero attached hydrogens (tertiary/aromatic N) is 2. The molecule has 1 aromatic heterocycles. The number of carboxylic acids is 1. The second-order valence-electron chi connectivity index (χ2n) is 5.16. The number of hydrogen-bond acceptors (Lipinski definition) is 2. The van der Waals surface area contributed by atoms with Gasteiger partial charge in [-0.25, -0.2) is 4.98 Å². The van der Waals surface area contributed by atoms with Gasteiger partial charge in [0.05, 0.1) is 17.0 Å². The van der Waals surface area contributed by atoms with Crippen molar-refractivity contribution in [2.24, 2.45) is 13.0 Å². The van der Waals surface area contributed by atoms with Gasteiger partial charge in [-0.1, -0.05) is 23.8 Å². The van der Waals surface area contributed by atoms with Gasteiger partial charge >= 0.3 is 5.97 Å². The smallest absolute Gasteiger partial charge is 0.307 e. The molecule has 1 aliphatic carbocycles. The van der Waals surface area contributed by atoms with Gasteiger partial charge in [-0.15, -0.1) is 0 Å². The Morgan fingerprint density at radius 1 is 1.40 bits per heavy atom. The maximum Gasteiger partial charge on any atom is 0.307 e. The Morgan fingerprint density at radius 3 is 2.90 bits per heavy atom. The predicted octanol–water partition coefficient (Wildman–Crippen LogP) is 3.36. The number of fused-ring (bicyclic) bond motifs is 1. The van der Waals surface area contributed by atoms with Gasteiger partial charge in [-0.3, -0.25) is 4.79 Å². The fraction of sp³-hybridized carbons (Fsp3) is 0.333. The van der Waals surface area contributed by atoms with Crippen molar-refractivity contribution in [1.82, 2.24) is 9.55 Å². The molecule has 104 valence electrons. The van der Waals surface area contributed by atoms with Crippen LogP contribution in [-0.2, 0) is 11.8 Å². The van der Waals surface area contributed by atoms with E-state index in [-0.39, 0.29) is 5.92 Å². The van der Waals surface area contributed by atoms with Gasteiger partial charge in [-0.05, 0) is 31.0 Å². The fourth-order valence-electron chi connectivity index (χ4n) is 2.90. The van der Waals surface area contributed by atoms with E-state index in [0.29, 0.717) is 17.9 Å². The fourth-order valence-corrected chi connectivity index (χ4v) is 3.06. The van der Waals surface area contributed by atoms with Crippen LogP contribution in [0.5, 0.6) is 0 Å². The SMILES string of the molecule is Cn1c([C@@H]2CC=CC[C@@H]2C(=O)O)nc2cc(Cl)ccc21. The first kappa shape index (κ1) is 13.2. The Bertz CT molecular complexity index is 705. The molecule has 0 unspecified atom stereocenters. The van der Waals surface area contributed by atoms with E-state index in [9.17, 15) is 9.90 Å². The monoisotopic (exact) mass is 290 g/mol. The zero-order chi connectivity index (χ0) is 14.3. The number of aryl methyl sites for hydroxylation is 1. The van der Waals surface area contributed by atoms with Crippen LogP contribution in [0.15, 0.2) is 30.4 Å². The second kappa shape index (κ2) is 4.94. The van der Waals surface area contributed by atoms with E-state index in [0.717, 1.165) is 16.9 Å². The van der Waals surface area contributed by atoms with E-state index in [1.54, 1.807) is 0 Å². The summed E-state index contributed by atoms with van der Waals surface area (Å²) in [4.78, 5) is 16.0. The third-order valence-corrected chi connectivity index (χ3v) is 4.19. The Kier molecular flexibility index (Phi) is 3.26. The lowest BCUT2D eigenvalue weighted by Crippen LogP contribution is -2.25. The van der Waals surface area contributed by atoms with E-state index in [2.05, 4.69) is 4.98 Å². The molecule has 0 fully saturated rings. The summed E-state index contributed by atoms with van der Waals surface area (Å²) in [5.74, 6) is -0.442. The quantitative estimate of drug-likeness (QED) is 0.863. The van der Waals surface area contributed by atoms with Crippen molar-refractivity contribution < 1.29 is 9.90 Å². The summed E-state index contributed by atoms with van der Waals surface area (Å²) < 4.78 is 1.98. The number of carbonyl (C=O) groups is 1. The van der Waals surface area contributed by atoms with Crippen LogP contribution >= 0.6 is 11.6 Å². The summed E-state index contributed by atoms with van der Waals surface area (Å²) in [5, 5.41) is 10.0. The third-order valence-electron chi connectivity index (χ3n) is 3.96. The van der Waals surface area contributed by atoms with E-state index in [1.807, 2.05) is 42.0 Å². The van der Waals surface area contributed by atoms with E-state index >= 15 is 0 Å². The summed E-state index contributed by atoms with van der Waals surface area (Å²) in [6.45, 7) is 0. The number of aliphatic carboxylic acids is 1. The molecular weight excluding hydrogens is 276 g/mol. The van der Waals surface area contributed by atoms with Crippen LogP contribution in [0.25, 0.3) is 11.0 Å². The van der Waals surface area contributed by atoms with Gasteiger partial charge in [0.1, 0.15) is 5.82 Å². The predicted molar refractivity (Wildman–Crippen MR) is 78.0 cm³/mol. The molecule has 1 N–H and O–H groups in total. The molecule has 0 radical (unpaired) electrons. The van der Waals surface area contributed by atoms with Crippen molar-refractivity contribution >= 4 is 28.6 Å². The Hall–Kier alpha value is -1.81. The van der Waals surface area contributed by atoms with Gasteiger partial charge < -0.3 is 9.67 Å². The molecule has 0 saturated heterocycles. The molecule has 0 aliphatic heterocycles. The number of aromatic nitrogens is 2.